The van der Waals surface area contributed by atoms with Crippen LogP contribution in [0, 0.1) is 0 Å². The Morgan fingerprint density at radius 1 is 1.31 bits per heavy atom. The van der Waals surface area contributed by atoms with Gasteiger partial charge in [-0.15, -0.1) is 11.8 Å². The van der Waals surface area contributed by atoms with Gasteiger partial charge in [0.2, 0.25) is 0 Å². The third-order valence-electron chi connectivity index (χ3n) is 2.82. The first-order valence-electron chi connectivity index (χ1n) is 6.11. The summed E-state index contributed by atoms with van der Waals surface area (Å²) in [4.78, 5) is 1.39. The predicted molar refractivity (Wildman–Crippen MR) is 74.1 cm³/mol. The van der Waals surface area contributed by atoms with Crippen molar-refractivity contribution in [1.29, 1.82) is 0 Å². The molecular formula is C14H23NS. The lowest BCUT2D eigenvalue weighted by Crippen LogP contribution is -2.12. The highest BCUT2D eigenvalue weighted by molar-refractivity contribution is 7.99. The molecular weight excluding hydrogens is 214 g/mol. The molecule has 0 heterocycles. The summed E-state index contributed by atoms with van der Waals surface area (Å²) < 4.78 is 0. The number of rotatable bonds is 6. The molecule has 90 valence electrons. The van der Waals surface area contributed by atoms with E-state index in [4.69, 9.17) is 0 Å². The molecule has 0 aromatic heterocycles. The SMILES string of the molecule is CCCC(C)Sc1cccc(C(C)NC)c1. The quantitative estimate of drug-likeness (QED) is 0.742. The van der Waals surface area contributed by atoms with E-state index in [0.29, 0.717) is 11.3 Å². The Bertz CT molecular complexity index is 311. The van der Waals surface area contributed by atoms with Crippen molar-refractivity contribution in [1.82, 2.24) is 5.32 Å². The van der Waals surface area contributed by atoms with E-state index >= 15 is 0 Å². The molecule has 1 N–H and O–H groups in total. The Hall–Kier alpha value is -0.470. The van der Waals surface area contributed by atoms with Gasteiger partial charge in [-0.25, -0.2) is 0 Å². The molecule has 0 aliphatic carbocycles. The van der Waals surface area contributed by atoms with E-state index in [2.05, 4.69) is 50.4 Å². The third kappa shape index (κ3) is 4.18. The molecule has 0 bridgehead atoms. The second kappa shape index (κ2) is 6.97. The first kappa shape index (κ1) is 13.6. The highest BCUT2D eigenvalue weighted by Crippen LogP contribution is 2.27. The van der Waals surface area contributed by atoms with Crippen LogP contribution >= 0.6 is 11.8 Å². The Labute approximate surface area is 104 Å². The van der Waals surface area contributed by atoms with Gasteiger partial charge in [-0.05, 0) is 38.1 Å². The van der Waals surface area contributed by atoms with Crippen molar-refractivity contribution in [2.45, 2.75) is 49.8 Å². The van der Waals surface area contributed by atoms with Crippen molar-refractivity contribution < 1.29 is 0 Å². The molecule has 1 aromatic rings. The summed E-state index contributed by atoms with van der Waals surface area (Å²) in [7, 11) is 2.00. The van der Waals surface area contributed by atoms with Gasteiger partial charge in [0.1, 0.15) is 0 Å². The fraction of sp³-hybridized carbons (Fsp3) is 0.571. The van der Waals surface area contributed by atoms with E-state index in [9.17, 15) is 0 Å². The summed E-state index contributed by atoms with van der Waals surface area (Å²) in [6, 6.07) is 9.29. The molecule has 0 amide bonds. The maximum atomic E-state index is 3.28. The van der Waals surface area contributed by atoms with Gasteiger partial charge in [-0.2, -0.15) is 0 Å². The Kier molecular flexibility index (Phi) is 5.93. The van der Waals surface area contributed by atoms with Crippen LogP contribution < -0.4 is 5.32 Å². The number of thioether (sulfide) groups is 1. The van der Waals surface area contributed by atoms with E-state index in [1.165, 1.54) is 23.3 Å². The largest absolute Gasteiger partial charge is 0.313 e. The average molecular weight is 237 g/mol. The Morgan fingerprint density at radius 3 is 2.69 bits per heavy atom. The number of nitrogens with one attached hydrogen (secondary N) is 1. The van der Waals surface area contributed by atoms with Gasteiger partial charge in [-0.1, -0.05) is 32.4 Å². The number of hydrogen-bond donors (Lipinski definition) is 1. The van der Waals surface area contributed by atoms with Crippen LogP contribution in [0.2, 0.25) is 0 Å². The van der Waals surface area contributed by atoms with Gasteiger partial charge >= 0.3 is 0 Å². The summed E-state index contributed by atoms with van der Waals surface area (Å²) in [5.74, 6) is 0. The summed E-state index contributed by atoms with van der Waals surface area (Å²) in [5.41, 5.74) is 1.37. The minimum Gasteiger partial charge on any atom is -0.313 e. The molecule has 1 nitrogen and oxygen atoms in total. The van der Waals surface area contributed by atoms with Crippen molar-refractivity contribution >= 4 is 11.8 Å². The number of benzene rings is 1. The fourth-order valence-corrected chi connectivity index (χ4v) is 2.90. The monoisotopic (exact) mass is 237 g/mol. The zero-order valence-corrected chi connectivity index (χ0v) is 11.6. The first-order valence-corrected chi connectivity index (χ1v) is 6.99. The lowest BCUT2D eigenvalue weighted by molar-refractivity contribution is 0.651. The minimum atomic E-state index is 0.432. The zero-order chi connectivity index (χ0) is 12.0. The maximum Gasteiger partial charge on any atom is 0.0289 e. The molecule has 1 aromatic carbocycles. The van der Waals surface area contributed by atoms with Gasteiger partial charge in [-0.3, -0.25) is 0 Å². The van der Waals surface area contributed by atoms with Gasteiger partial charge < -0.3 is 5.32 Å². The molecule has 1 rings (SSSR count). The molecule has 2 atom stereocenters. The molecule has 0 aliphatic heterocycles. The molecule has 0 saturated carbocycles. The molecule has 0 saturated heterocycles. The standard InChI is InChI=1S/C14H23NS/c1-5-7-11(2)16-14-9-6-8-13(10-14)12(3)15-4/h6,8-12,15H,5,7H2,1-4H3. The molecule has 2 unspecified atom stereocenters. The second-order valence-electron chi connectivity index (χ2n) is 4.30. The zero-order valence-electron chi connectivity index (χ0n) is 10.8. The summed E-state index contributed by atoms with van der Waals surface area (Å²) in [6.45, 7) is 6.75. The normalized spacial score (nSPS) is 14.8. The van der Waals surface area contributed by atoms with Crippen molar-refractivity contribution in [2.24, 2.45) is 0 Å². The molecule has 2 heteroatoms. The van der Waals surface area contributed by atoms with E-state index in [1.807, 2.05) is 18.8 Å². The molecule has 0 radical (unpaired) electrons. The van der Waals surface area contributed by atoms with Crippen molar-refractivity contribution in [3.05, 3.63) is 29.8 Å². The predicted octanol–water partition coefficient (Wildman–Crippen LogP) is 4.25. The van der Waals surface area contributed by atoms with E-state index < -0.39 is 0 Å². The molecule has 0 spiro atoms. The van der Waals surface area contributed by atoms with Crippen LogP contribution in [0.4, 0.5) is 0 Å². The van der Waals surface area contributed by atoms with Crippen LogP contribution in [-0.4, -0.2) is 12.3 Å². The summed E-state index contributed by atoms with van der Waals surface area (Å²) in [5, 5.41) is 3.99. The lowest BCUT2D eigenvalue weighted by atomic mass is 10.1. The average Bonchev–Trinajstić information content (AvgIpc) is 2.28. The van der Waals surface area contributed by atoms with Crippen LogP contribution in [0.3, 0.4) is 0 Å². The van der Waals surface area contributed by atoms with Crippen LogP contribution in [0.1, 0.15) is 45.2 Å². The smallest absolute Gasteiger partial charge is 0.0289 e. The summed E-state index contributed by atoms with van der Waals surface area (Å²) >= 11 is 1.98. The topological polar surface area (TPSA) is 12.0 Å². The van der Waals surface area contributed by atoms with Gasteiger partial charge in [0.05, 0.1) is 0 Å². The van der Waals surface area contributed by atoms with E-state index in [1.54, 1.807) is 0 Å². The first-order chi connectivity index (χ1) is 7.67. The van der Waals surface area contributed by atoms with Crippen molar-refractivity contribution in [3.8, 4) is 0 Å². The van der Waals surface area contributed by atoms with Crippen LogP contribution in [-0.2, 0) is 0 Å². The van der Waals surface area contributed by atoms with Crippen molar-refractivity contribution in [2.75, 3.05) is 7.05 Å². The highest BCUT2D eigenvalue weighted by Gasteiger charge is 2.06. The lowest BCUT2D eigenvalue weighted by Gasteiger charge is -2.14. The van der Waals surface area contributed by atoms with Crippen LogP contribution in [0.15, 0.2) is 29.2 Å². The maximum absolute atomic E-state index is 3.28. The third-order valence-corrected chi connectivity index (χ3v) is 3.99. The van der Waals surface area contributed by atoms with Gasteiger partial charge in [0.25, 0.3) is 0 Å². The van der Waals surface area contributed by atoms with Crippen LogP contribution in [0.25, 0.3) is 0 Å². The van der Waals surface area contributed by atoms with Gasteiger partial charge in [0, 0.05) is 16.2 Å². The highest BCUT2D eigenvalue weighted by atomic mass is 32.2. The van der Waals surface area contributed by atoms with E-state index in [0.717, 1.165) is 0 Å². The van der Waals surface area contributed by atoms with Crippen molar-refractivity contribution in [3.63, 3.8) is 0 Å². The second-order valence-corrected chi connectivity index (χ2v) is 5.81. The molecule has 0 aliphatic rings. The van der Waals surface area contributed by atoms with Crippen LogP contribution in [0.5, 0.6) is 0 Å². The van der Waals surface area contributed by atoms with Gasteiger partial charge in [0.15, 0.2) is 0 Å². The van der Waals surface area contributed by atoms with E-state index in [-0.39, 0.29) is 0 Å². The Morgan fingerprint density at radius 2 is 2.06 bits per heavy atom. The molecule has 16 heavy (non-hydrogen) atoms. The minimum absolute atomic E-state index is 0.432. The Balaban J connectivity index is 2.67. The summed E-state index contributed by atoms with van der Waals surface area (Å²) in [6.07, 6.45) is 2.55. The number of hydrogen-bond acceptors (Lipinski definition) is 2. The molecule has 0 fully saturated rings. The fourth-order valence-electron chi connectivity index (χ4n) is 1.72.